The average molecular weight is 966 g/mol. The SMILES string of the molecule is [C-]#[N+]c1ccc2c(c1)c1ccccc1n2-c1ccc(-c2nc(-c3cc(C(C)(C)C)cc(C(C)(C)C)c3)nc(-c3cc(C(C)(C)C)cc(C(C)(C)C)c3)n2)cc1-c1cnccc1-n1c2ccccc2c2ccccc21. The Hall–Kier alpha value is -8.21. The average Bonchev–Trinajstić information content (AvgIpc) is 3.90. The van der Waals surface area contributed by atoms with E-state index in [1.165, 1.54) is 33.0 Å². The second-order valence-corrected chi connectivity index (χ2v) is 24.1. The molecule has 0 saturated carbocycles. The predicted molar refractivity (Wildman–Crippen MR) is 309 cm³/mol. The third-order valence-corrected chi connectivity index (χ3v) is 14.7. The summed E-state index contributed by atoms with van der Waals surface area (Å²) in [5.74, 6) is 1.81. The van der Waals surface area contributed by atoms with Gasteiger partial charge in [0.05, 0.1) is 40.0 Å². The first-order valence-corrected chi connectivity index (χ1v) is 25.7. The lowest BCUT2D eigenvalue weighted by atomic mass is 9.79. The number of nitrogens with zero attached hydrogens (tertiary/aromatic N) is 7. The number of fused-ring (bicyclic) bond motifs is 6. The van der Waals surface area contributed by atoms with Crippen LogP contribution in [0, 0.1) is 6.57 Å². The van der Waals surface area contributed by atoms with E-state index in [2.05, 4.69) is 237 Å². The van der Waals surface area contributed by atoms with E-state index in [1.54, 1.807) is 0 Å². The molecule has 7 heteroatoms. The summed E-state index contributed by atoms with van der Waals surface area (Å²) < 4.78 is 4.71. The molecule has 0 unspecified atom stereocenters. The van der Waals surface area contributed by atoms with Gasteiger partial charge in [-0.1, -0.05) is 156 Å². The van der Waals surface area contributed by atoms with Gasteiger partial charge in [-0.25, -0.2) is 19.8 Å². The molecule has 0 amide bonds. The van der Waals surface area contributed by atoms with Gasteiger partial charge in [0.25, 0.3) is 0 Å². The Balaban J connectivity index is 1.24. The summed E-state index contributed by atoms with van der Waals surface area (Å²) in [4.78, 5) is 25.2. The van der Waals surface area contributed by atoms with E-state index in [-0.39, 0.29) is 21.7 Å². The molecule has 11 aromatic rings. The molecule has 0 aliphatic rings. The smallest absolute Gasteiger partial charge is 0.188 e. The highest BCUT2D eigenvalue weighted by Gasteiger charge is 2.27. The molecule has 7 nitrogen and oxygen atoms in total. The molecule has 0 saturated heterocycles. The second kappa shape index (κ2) is 17.5. The van der Waals surface area contributed by atoms with Gasteiger partial charge in [-0.2, -0.15) is 0 Å². The molecule has 74 heavy (non-hydrogen) atoms. The van der Waals surface area contributed by atoms with E-state index in [1.807, 2.05) is 24.5 Å². The van der Waals surface area contributed by atoms with Gasteiger partial charge in [-0.05, 0) is 128 Å². The summed E-state index contributed by atoms with van der Waals surface area (Å²) in [6, 6.07) is 54.3. The molecule has 366 valence electrons. The number of hydrogen-bond acceptors (Lipinski definition) is 4. The van der Waals surface area contributed by atoms with Crippen molar-refractivity contribution in [2.75, 3.05) is 0 Å². The minimum Gasteiger partial charge on any atom is -0.309 e. The zero-order valence-corrected chi connectivity index (χ0v) is 44.7. The van der Waals surface area contributed by atoms with E-state index < -0.39 is 0 Å². The normalized spacial score (nSPS) is 12.6. The first kappa shape index (κ1) is 48.1. The van der Waals surface area contributed by atoms with E-state index in [9.17, 15) is 0 Å². The number of hydrogen-bond donors (Lipinski definition) is 0. The van der Waals surface area contributed by atoms with Crippen molar-refractivity contribution in [1.82, 2.24) is 29.1 Å². The summed E-state index contributed by atoms with van der Waals surface area (Å²) in [6.07, 6.45) is 3.88. The van der Waals surface area contributed by atoms with Crippen molar-refractivity contribution in [2.45, 2.75) is 105 Å². The van der Waals surface area contributed by atoms with E-state index in [0.717, 1.165) is 72.0 Å². The lowest BCUT2D eigenvalue weighted by molar-refractivity contribution is 0.568. The molecular formula is C67H63N7. The Bertz CT molecular complexity index is 3860. The third kappa shape index (κ3) is 8.52. The van der Waals surface area contributed by atoms with Crippen LogP contribution in [0.3, 0.4) is 0 Å². The molecule has 0 N–H and O–H groups in total. The van der Waals surface area contributed by atoms with Crippen molar-refractivity contribution in [3.63, 3.8) is 0 Å². The van der Waals surface area contributed by atoms with Crippen molar-refractivity contribution in [3.8, 4) is 56.7 Å². The molecule has 0 fully saturated rings. The molecule has 0 aliphatic heterocycles. The Morgan fingerprint density at radius 2 is 0.784 bits per heavy atom. The summed E-state index contributed by atoms with van der Waals surface area (Å²) in [5, 5.41) is 4.45. The molecule has 4 aromatic heterocycles. The molecule has 0 spiro atoms. The molecule has 11 rings (SSSR count). The summed E-state index contributed by atoms with van der Waals surface area (Å²) >= 11 is 0. The number of aromatic nitrogens is 6. The Kier molecular flexibility index (Phi) is 11.4. The highest BCUT2D eigenvalue weighted by Crippen LogP contribution is 2.44. The molecular weight excluding hydrogens is 903 g/mol. The molecule has 4 heterocycles. The van der Waals surface area contributed by atoms with Gasteiger partial charge < -0.3 is 9.13 Å². The predicted octanol–water partition coefficient (Wildman–Crippen LogP) is 17.9. The number of rotatable bonds is 6. The summed E-state index contributed by atoms with van der Waals surface area (Å²) in [6.45, 7) is 35.2. The van der Waals surface area contributed by atoms with Crippen LogP contribution in [0.5, 0.6) is 0 Å². The van der Waals surface area contributed by atoms with Gasteiger partial charge in [-0.15, -0.1) is 0 Å². The molecule has 0 radical (unpaired) electrons. The third-order valence-electron chi connectivity index (χ3n) is 14.7. The number of para-hydroxylation sites is 3. The van der Waals surface area contributed by atoms with Crippen LogP contribution >= 0.6 is 0 Å². The lowest BCUT2D eigenvalue weighted by Crippen LogP contribution is -2.17. The highest BCUT2D eigenvalue weighted by atomic mass is 15.0. The van der Waals surface area contributed by atoms with E-state index in [0.29, 0.717) is 23.2 Å². The van der Waals surface area contributed by atoms with Crippen LogP contribution in [0.15, 0.2) is 164 Å². The van der Waals surface area contributed by atoms with Crippen molar-refractivity contribution >= 4 is 49.3 Å². The van der Waals surface area contributed by atoms with Crippen LogP contribution in [0.25, 0.3) is 105 Å². The molecule has 0 aliphatic carbocycles. The number of pyridine rings is 1. The maximum absolute atomic E-state index is 7.94. The fourth-order valence-corrected chi connectivity index (χ4v) is 10.4. The van der Waals surface area contributed by atoms with Gasteiger partial charge in [0.2, 0.25) is 0 Å². The zero-order chi connectivity index (χ0) is 52.1. The monoisotopic (exact) mass is 966 g/mol. The Labute approximate surface area is 435 Å². The molecule has 0 atom stereocenters. The maximum atomic E-state index is 7.94. The quantitative estimate of drug-likeness (QED) is 0.156. The standard InChI is InChI=1S/C67H63N7/c1-64(2,3)44-32-42(33-45(37-44)65(4,5)6)62-70-61(71-63(72-62)43-34-46(66(7,8)9)38-47(35-43)67(10,11)12)41-26-28-58(74-57-25-19-16-22-51(57)53-39-48(68-13)27-29-59(53)74)52(36-41)54-40-69-31-30-60(54)73-55-23-17-14-20-49(55)50-21-15-18-24-56(50)73/h14-40H,1-12H3. The largest absolute Gasteiger partial charge is 0.309 e. The fraction of sp³-hybridized carbons (Fsp3) is 0.239. The van der Waals surface area contributed by atoms with Crippen LogP contribution in [0.2, 0.25) is 0 Å². The van der Waals surface area contributed by atoms with Crippen LogP contribution in [-0.2, 0) is 21.7 Å². The molecule has 0 bridgehead atoms. The minimum atomic E-state index is -0.121. The maximum Gasteiger partial charge on any atom is 0.188 e. The van der Waals surface area contributed by atoms with Crippen LogP contribution in [-0.4, -0.2) is 29.1 Å². The van der Waals surface area contributed by atoms with Gasteiger partial charge in [0.1, 0.15) is 0 Å². The molecule has 7 aromatic carbocycles. The lowest BCUT2D eigenvalue weighted by Gasteiger charge is -2.26. The van der Waals surface area contributed by atoms with Gasteiger partial charge in [0, 0.05) is 56.4 Å². The first-order chi connectivity index (χ1) is 35.2. The van der Waals surface area contributed by atoms with Gasteiger partial charge >= 0.3 is 0 Å². The van der Waals surface area contributed by atoms with Crippen molar-refractivity contribution in [3.05, 3.63) is 198 Å². The van der Waals surface area contributed by atoms with Crippen LogP contribution < -0.4 is 0 Å². The zero-order valence-electron chi connectivity index (χ0n) is 44.7. The van der Waals surface area contributed by atoms with E-state index in [4.69, 9.17) is 26.5 Å². The number of benzene rings is 7. The van der Waals surface area contributed by atoms with Crippen molar-refractivity contribution in [1.29, 1.82) is 0 Å². The minimum absolute atomic E-state index is 0.121. The highest BCUT2D eigenvalue weighted by molar-refractivity contribution is 6.12. The van der Waals surface area contributed by atoms with Gasteiger partial charge in [0.15, 0.2) is 23.2 Å². The van der Waals surface area contributed by atoms with Crippen molar-refractivity contribution < 1.29 is 0 Å². The van der Waals surface area contributed by atoms with Crippen molar-refractivity contribution in [2.24, 2.45) is 0 Å². The topological polar surface area (TPSA) is 65.8 Å². The first-order valence-electron chi connectivity index (χ1n) is 25.7. The second-order valence-electron chi connectivity index (χ2n) is 24.1. The van der Waals surface area contributed by atoms with E-state index >= 15 is 0 Å². The fourth-order valence-electron chi connectivity index (χ4n) is 10.4. The summed E-state index contributed by atoms with van der Waals surface area (Å²) in [5.41, 5.74) is 15.9. The Morgan fingerprint density at radius 1 is 0.378 bits per heavy atom. The van der Waals surface area contributed by atoms with Crippen LogP contribution in [0.1, 0.15) is 105 Å². The van der Waals surface area contributed by atoms with Gasteiger partial charge in [-0.3, -0.25) is 4.98 Å². The summed E-state index contributed by atoms with van der Waals surface area (Å²) in [7, 11) is 0. The van der Waals surface area contributed by atoms with Crippen LogP contribution in [0.4, 0.5) is 5.69 Å². The Morgan fingerprint density at radius 3 is 1.23 bits per heavy atom.